The maximum atomic E-state index is 14.9. The maximum absolute atomic E-state index is 14.9. The fourth-order valence-electron chi connectivity index (χ4n) is 4.19. The van der Waals surface area contributed by atoms with E-state index in [2.05, 4.69) is 0 Å². The predicted octanol–water partition coefficient (Wildman–Crippen LogP) is 2.65. The lowest BCUT2D eigenvalue weighted by atomic mass is 9.96. The van der Waals surface area contributed by atoms with E-state index < -0.39 is 53.7 Å². The summed E-state index contributed by atoms with van der Waals surface area (Å²) in [5.41, 5.74) is -2.53. The van der Waals surface area contributed by atoms with Gasteiger partial charge in [0.05, 0.1) is 26.0 Å². The Morgan fingerprint density at radius 3 is 2.27 bits per heavy atom. The molecule has 3 aromatic rings. The molecule has 0 saturated carbocycles. The van der Waals surface area contributed by atoms with Crippen molar-refractivity contribution >= 4 is 5.97 Å². The SMILES string of the molecule is CC(=O)OC1C(n2cc(F)c(=O)[nH]c2=O)OC(CF)(COCc2ccccc2)C1OCc1ccccc1. The lowest BCUT2D eigenvalue weighted by molar-refractivity contribution is -0.166. The van der Waals surface area contributed by atoms with Crippen LogP contribution in [0.15, 0.2) is 76.4 Å². The molecular formula is C26H26F2N2O7. The number of ether oxygens (including phenoxy) is 4. The molecule has 37 heavy (non-hydrogen) atoms. The van der Waals surface area contributed by atoms with Crippen LogP contribution in [0.5, 0.6) is 0 Å². The first-order valence-electron chi connectivity index (χ1n) is 11.5. The van der Waals surface area contributed by atoms with E-state index >= 15 is 0 Å². The average molecular weight is 516 g/mol. The summed E-state index contributed by atoms with van der Waals surface area (Å²) in [5, 5.41) is 0. The number of nitrogens with one attached hydrogen (secondary N) is 1. The summed E-state index contributed by atoms with van der Waals surface area (Å²) in [6.07, 6.45) is -3.53. The Morgan fingerprint density at radius 1 is 1.05 bits per heavy atom. The van der Waals surface area contributed by atoms with E-state index in [1.807, 2.05) is 41.4 Å². The van der Waals surface area contributed by atoms with Crippen molar-refractivity contribution in [2.75, 3.05) is 13.3 Å². The number of hydrogen-bond donors (Lipinski definition) is 1. The fraction of sp³-hybridized carbons (Fsp3) is 0.346. The number of rotatable bonds is 10. The number of aromatic amines is 1. The molecule has 0 radical (unpaired) electrons. The molecule has 1 aromatic heterocycles. The van der Waals surface area contributed by atoms with Gasteiger partial charge in [0.25, 0.3) is 5.56 Å². The third kappa shape index (κ3) is 6.01. The number of carbonyl (C=O) groups is 1. The van der Waals surface area contributed by atoms with Gasteiger partial charge in [0.1, 0.15) is 12.8 Å². The quantitative estimate of drug-likeness (QED) is 0.413. The summed E-state index contributed by atoms with van der Waals surface area (Å²) >= 11 is 0. The molecular weight excluding hydrogens is 490 g/mol. The number of alkyl halides is 1. The van der Waals surface area contributed by atoms with Crippen molar-refractivity contribution in [2.45, 2.75) is 44.2 Å². The Hall–Kier alpha value is -3.67. The van der Waals surface area contributed by atoms with Crippen molar-refractivity contribution in [1.82, 2.24) is 9.55 Å². The van der Waals surface area contributed by atoms with Crippen LogP contribution < -0.4 is 11.2 Å². The number of carbonyl (C=O) groups excluding carboxylic acids is 1. The molecule has 2 heterocycles. The van der Waals surface area contributed by atoms with Gasteiger partial charge in [-0.25, -0.2) is 9.18 Å². The molecule has 1 aliphatic heterocycles. The van der Waals surface area contributed by atoms with Crippen molar-refractivity contribution in [3.63, 3.8) is 0 Å². The molecule has 0 amide bonds. The Morgan fingerprint density at radius 2 is 1.68 bits per heavy atom. The first kappa shape index (κ1) is 26.4. The molecule has 1 N–H and O–H groups in total. The van der Waals surface area contributed by atoms with Crippen molar-refractivity contribution in [3.8, 4) is 0 Å². The Labute approximate surface area is 210 Å². The molecule has 0 bridgehead atoms. The topological polar surface area (TPSA) is 109 Å². The van der Waals surface area contributed by atoms with E-state index in [0.717, 1.165) is 18.1 Å². The monoisotopic (exact) mass is 516 g/mol. The molecule has 11 heteroatoms. The van der Waals surface area contributed by atoms with E-state index in [-0.39, 0.29) is 19.8 Å². The third-order valence-corrected chi connectivity index (χ3v) is 5.91. The summed E-state index contributed by atoms with van der Waals surface area (Å²) in [6.45, 7) is -0.242. The summed E-state index contributed by atoms with van der Waals surface area (Å²) in [7, 11) is 0. The number of benzene rings is 2. The summed E-state index contributed by atoms with van der Waals surface area (Å²) in [6, 6.07) is 18.1. The largest absolute Gasteiger partial charge is 0.455 e. The minimum Gasteiger partial charge on any atom is -0.455 e. The van der Waals surface area contributed by atoms with Gasteiger partial charge in [-0.15, -0.1) is 0 Å². The number of nitrogens with zero attached hydrogens (tertiary/aromatic N) is 1. The van der Waals surface area contributed by atoms with Gasteiger partial charge >= 0.3 is 11.7 Å². The van der Waals surface area contributed by atoms with Crippen LogP contribution in [-0.2, 0) is 37.0 Å². The van der Waals surface area contributed by atoms with Crippen LogP contribution in [0, 0.1) is 5.82 Å². The van der Waals surface area contributed by atoms with Crippen LogP contribution in [0.4, 0.5) is 8.78 Å². The Bertz CT molecular complexity index is 1320. The molecule has 1 fully saturated rings. The van der Waals surface area contributed by atoms with Crippen LogP contribution in [0.25, 0.3) is 0 Å². The molecule has 4 atom stereocenters. The highest BCUT2D eigenvalue weighted by Crippen LogP contribution is 2.41. The fourth-order valence-corrected chi connectivity index (χ4v) is 4.19. The van der Waals surface area contributed by atoms with Crippen LogP contribution in [-0.4, -0.2) is 46.6 Å². The van der Waals surface area contributed by atoms with Gasteiger partial charge in [0.2, 0.25) is 5.82 Å². The third-order valence-electron chi connectivity index (χ3n) is 5.91. The molecule has 2 aromatic carbocycles. The summed E-state index contributed by atoms with van der Waals surface area (Å²) in [4.78, 5) is 38.0. The average Bonchev–Trinajstić information content (AvgIpc) is 3.18. The van der Waals surface area contributed by atoms with E-state index in [9.17, 15) is 23.2 Å². The lowest BCUT2D eigenvalue weighted by Gasteiger charge is -2.32. The van der Waals surface area contributed by atoms with Gasteiger partial charge in [0, 0.05) is 6.92 Å². The highest BCUT2D eigenvalue weighted by Gasteiger charge is 2.59. The summed E-state index contributed by atoms with van der Waals surface area (Å²) in [5.74, 6) is -2.03. The van der Waals surface area contributed by atoms with Crippen LogP contribution in [0.1, 0.15) is 24.3 Å². The second kappa shape index (κ2) is 11.6. The Balaban J connectivity index is 1.70. The zero-order valence-electron chi connectivity index (χ0n) is 20.0. The van der Waals surface area contributed by atoms with Gasteiger partial charge in [-0.2, -0.15) is 4.39 Å². The second-order valence-corrected chi connectivity index (χ2v) is 8.62. The maximum Gasteiger partial charge on any atom is 0.330 e. The van der Waals surface area contributed by atoms with E-state index in [4.69, 9.17) is 18.9 Å². The van der Waals surface area contributed by atoms with E-state index in [1.165, 1.54) is 0 Å². The van der Waals surface area contributed by atoms with Gasteiger partial charge < -0.3 is 18.9 Å². The number of aromatic nitrogens is 2. The van der Waals surface area contributed by atoms with E-state index in [0.29, 0.717) is 10.8 Å². The summed E-state index contributed by atoms with van der Waals surface area (Å²) < 4.78 is 53.0. The molecule has 1 saturated heterocycles. The zero-order chi connectivity index (χ0) is 26.4. The van der Waals surface area contributed by atoms with Crippen molar-refractivity contribution in [1.29, 1.82) is 0 Å². The van der Waals surface area contributed by atoms with Gasteiger partial charge in [-0.3, -0.25) is 19.1 Å². The standard InChI is InChI=1S/C26H26F2N2O7/c1-17(31)36-21-22(35-14-19-10-6-3-7-11-19)26(15-27,16-34-13-18-8-4-2-5-9-18)37-24(21)30-12-20(28)23(32)29-25(30)33/h2-12,21-22,24H,13-16H2,1H3,(H,29,32,33). The zero-order valence-corrected chi connectivity index (χ0v) is 20.0. The van der Waals surface area contributed by atoms with Crippen molar-refractivity contribution in [3.05, 3.63) is 105 Å². The smallest absolute Gasteiger partial charge is 0.330 e. The van der Waals surface area contributed by atoms with Crippen LogP contribution in [0.3, 0.4) is 0 Å². The predicted molar refractivity (Wildman–Crippen MR) is 127 cm³/mol. The lowest BCUT2D eigenvalue weighted by Crippen LogP contribution is -2.51. The first-order valence-corrected chi connectivity index (χ1v) is 11.5. The van der Waals surface area contributed by atoms with Gasteiger partial charge in [-0.05, 0) is 11.1 Å². The highest BCUT2D eigenvalue weighted by molar-refractivity contribution is 5.66. The first-order chi connectivity index (χ1) is 17.8. The van der Waals surface area contributed by atoms with Gasteiger partial charge in [-0.1, -0.05) is 60.7 Å². The minimum atomic E-state index is -1.83. The molecule has 4 unspecified atom stereocenters. The molecule has 4 rings (SSSR count). The number of hydrogen-bond acceptors (Lipinski definition) is 7. The molecule has 0 aliphatic carbocycles. The number of H-pyrrole nitrogens is 1. The molecule has 1 aliphatic rings. The van der Waals surface area contributed by atoms with Crippen LogP contribution in [0.2, 0.25) is 0 Å². The Kier molecular flexibility index (Phi) is 8.27. The normalized spacial score (nSPS) is 23.2. The number of halogens is 2. The van der Waals surface area contributed by atoms with Crippen molar-refractivity contribution < 1.29 is 32.5 Å². The molecule has 9 nitrogen and oxygen atoms in total. The van der Waals surface area contributed by atoms with Gasteiger partial charge in [0.15, 0.2) is 17.9 Å². The van der Waals surface area contributed by atoms with E-state index in [1.54, 1.807) is 24.3 Å². The van der Waals surface area contributed by atoms with Crippen LogP contribution >= 0.6 is 0 Å². The number of esters is 1. The van der Waals surface area contributed by atoms with Crippen molar-refractivity contribution in [2.24, 2.45) is 0 Å². The molecule has 0 spiro atoms. The second-order valence-electron chi connectivity index (χ2n) is 8.62. The highest BCUT2D eigenvalue weighted by atomic mass is 19.1. The minimum absolute atomic E-state index is 0.00529. The molecule has 196 valence electrons.